The largest absolute Gasteiger partial charge is 0.506 e. The van der Waals surface area contributed by atoms with Crippen LogP contribution in [0.4, 0.5) is 37.7 Å². The maximum absolute atomic E-state index is 13.9. The minimum absolute atomic E-state index is 0.000634. The van der Waals surface area contributed by atoms with Crippen molar-refractivity contribution in [2.24, 2.45) is 0 Å². The van der Waals surface area contributed by atoms with E-state index in [9.17, 15) is 46.7 Å². The van der Waals surface area contributed by atoms with Crippen molar-refractivity contribution in [1.82, 2.24) is 0 Å². The number of nitro groups is 1. The number of hydrogen-bond donors (Lipinski definition) is 3. The summed E-state index contributed by atoms with van der Waals surface area (Å²) in [4.78, 5) is 9.55. The first kappa shape index (κ1) is 20.1. The number of nitrogens with two attached hydrogens (primary N) is 1. The summed E-state index contributed by atoms with van der Waals surface area (Å²) in [6.45, 7) is 0. The SMILES string of the molecule is Nc1cc(C(c2ccc(O)c([N+](=O)[O-])c2)(C(F)(F)F)C(F)(F)F)ccc1O. The molecule has 0 aliphatic rings. The third kappa shape index (κ3) is 3.06. The number of hydrogen-bond acceptors (Lipinski definition) is 5. The smallest absolute Gasteiger partial charge is 0.411 e. The standard InChI is InChI=1S/C15H10F6N2O4/c16-14(17,18)13(15(19,20)21,7-1-3-11(24)9(22)5-7)8-2-4-12(25)10(6-8)23(26)27/h1-6,24-25H,22H2. The van der Waals surface area contributed by atoms with E-state index in [4.69, 9.17) is 5.73 Å². The second kappa shape index (κ2) is 6.21. The van der Waals surface area contributed by atoms with Gasteiger partial charge in [-0.05, 0) is 29.3 Å². The van der Waals surface area contributed by atoms with Crippen LogP contribution in [0.25, 0.3) is 0 Å². The first-order valence-corrected chi connectivity index (χ1v) is 6.93. The number of phenols is 2. The van der Waals surface area contributed by atoms with E-state index in [1.165, 1.54) is 0 Å². The van der Waals surface area contributed by atoms with Crippen LogP contribution in [0.5, 0.6) is 11.5 Å². The van der Waals surface area contributed by atoms with Crippen molar-refractivity contribution in [3.63, 3.8) is 0 Å². The molecule has 0 spiro atoms. The summed E-state index contributed by atoms with van der Waals surface area (Å²) in [5.74, 6) is -1.85. The molecule has 0 fully saturated rings. The summed E-state index contributed by atoms with van der Waals surface area (Å²) >= 11 is 0. The molecule has 2 aromatic rings. The van der Waals surface area contributed by atoms with Crippen molar-refractivity contribution >= 4 is 11.4 Å². The number of nitrogens with zero attached hydrogens (tertiary/aromatic N) is 1. The maximum Gasteiger partial charge on any atom is 0.411 e. The van der Waals surface area contributed by atoms with Crippen molar-refractivity contribution in [3.05, 3.63) is 57.6 Å². The molecule has 0 amide bonds. The fourth-order valence-corrected chi connectivity index (χ4v) is 2.67. The first-order chi connectivity index (χ1) is 12.2. The average Bonchev–Trinajstić information content (AvgIpc) is 2.49. The molecule has 27 heavy (non-hydrogen) atoms. The Balaban J connectivity index is 3.00. The normalized spacial score (nSPS) is 12.8. The van der Waals surface area contributed by atoms with E-state index in [2.05, 4.69) is 0 Å². The number of benzene rings is 2. The average molecular weight is 396 g/mol. The van der Waals surface area contributed by atoms with Crippen LogP contribution in [0.1, 0.15) is 11.1 Å². The molecule has 146 valence electrons. The molecule has 4 N–H and O–H groups in total. The van der Waals surface area contributed by atoms with Crippen LogP contribution in [0.15, 0.2) is 36.4 Å². The zero-order valence-corrected chi connectivity index (χ0v) is 13.0. The molecule has 0 bridgehead atoms. The zero-order chi connectivity index (χ0) is 20.8. The van der Waals surface area contributed by atoms with Crippen molar-refractivity contribution in [2.45, 2.75) is 17.8 Å². The molecule has 0 unspecified atom stereocenters. The molecule has 0 radical (unpaired) electrons. The highest BCUT2D eigenvalue weighted by atomic mass is 19.4. The molecular weight excluding hydrogens is 386 g/mol. The Morgan fingerprint density at radius 1 is 0.852 bits per heavy atom. The fraction of sp³-hybridized carbons (Fsp3) is 0.200. The molecule has 0 heterocycles. The van der Waals surface area contributed by atoms with Gasteiger partial charge in [0.25, 0.3) is 0 Å². The lowest BCUT2D eigenvalue weighted by Gasteiger charge is -2.38. The highest BCUT2D eigenvalue weighted by Gasteiger charge is 2.72. The van der Waals surface area contributed by atoms with Gasteiger partial charge < -0.3 is 15.9 Å². The Morgan fingerprint density at radius 2 is 1.30 bits per heavy atom. The molecule has 2 rings (SSSR count). The van der Waals surface area contributed by atoms with Gasteiger partial charge in [-0.1, -0.05) is 12.1 Å². The fourth-order valence-electron chi connectivity index (χ4n) is 2.67. The monoisotopic (exact) mass is 396 g/mol. The molecule has 0 aliphatic carbocycles. The van der Waals surface area contributed by atoms with Crippen LogP contribution in [-0.4, -0.2) is 27.5 Å². The minimum atomic E-state index is -6.00. The van der Waals surface area contributed by atoms with Crippen LogP contribution >= 0.6 is 0 Å². The molecule has 0 saturated heterocycles. The number of rotatable bonds is 3. The number of phenolic OH excluding ortho intramolecular Hbond substituents is 2. The lowest BCUT2D eigenvalue weighted by atomic mass is 9.72. The molecule has 0 aromatic heterocycles. The van der Waals surface area contributed by atoms with E-state index in [0.717, 1.165) is 0 Å². The predicted molar refractivity (Wildman–Crippen MR) is 80.2 cm³/mol. The Bertz CT molecular complexity index is 881. The van der Waals surface area contributed by atoms with Gasteiger partial charge in [0.1, 0.15) is 5.75 Å². The number of nitro benzene ring substituents is 1. The second-order valence-electron chi connectivity index (χ2n) is 5.48. The number of aromatic hydroxyl groups is 2. The van der Waals surface area contributed by atoms with Gasteiger partial charge in [0, 0.05) is 6.07 Å². The molecule has 2 aromatic carbocycles. The molecule has 0 saturated carbocycles. The summed E-state index contributed by atoms with van der Waals surface area (Å²) in [7, 11) is 0. The third-order valence-electron chi connectivity index (χ3n) is 3.92. The Labute approximate surface area is 146 Å². The van der Waals surface area contributed by atoms with Crippen LogP contribution in [0, 0.1) is 10.1 Å². The van der Waals surface area contributed by atoms with Crippen molar-refractivity contribution < 1.29 is 41.5 Å². The van der Waals surface area contributed by atoms with Crippen molar-refractivity contribution in [1.29, 1.82) is 0 Å². The Hall–Kier alpha value is -3.18. The highest BCUT2D eigenvalue weighted by molar-refractivity contribution is 5.59. The summed E-state index contributed by atoms with van der Waals surface area (Å²) in [5.41, 5.74) is -4.48. The summed E-state index contributed by atoms with van der Waals surface area (Å²) in [5, 5.41) is 29.6. The van der Waals surface area contributed by atoms with Gasteiger partial charge in [0.15, 0.2) is 5.75 Å². The predicted octanol–water partition coefficient (Wildman–Crippen LogP) is 4.00. The Kier molecular flexibility index (Phi) is 4.63. The van der Waals surface area contributed by atoms with Crippen LogP contribution in [-0.2, 0) is 5.41 Å². The second-order valence-corrected chi connectivity index (χ2v) is 5.48. The van der Waals surface area contributed by atoms with Gasteiger partial charge in [-0.25, -0.2) is 0 Å². The van der Waals surface area contributed by atoms with Gasteiger partial charge in [0.2, 0.25) is 5.41 Å². The molecule has 0 atom stereocenters. The topological polar surface area (TPSA) is 110 Å². The third-order valence-corrected chi connectivity index (χ3v) is 3.92. The summed E-state index contributed by atoms with van der Waals surface area (Å²) in [6, 6.07) is 1.85. The molecular formula is C15H10F6N2O4. The van der Waals surface area contributed by atoms with Crippen LogP contribution in [0.3, 0.4) is 0 Å². The number of anilines is 1. The van der Waals surface area contributed by atoms with E-state index in [0.29, 0.717) is 18.2 Å². The van der Waals surface area contributed by atoms with E-state index < -0.39 is 56.7 Å². The maximum atomic E-state index is 13.9. The van der Waals surface area contributed by atoms with Crippen molar-refractivity contribution in [3.8, 4) is 11.5 Å². The van der Waals surface area contributed by atoms with Gasteiger partial charge in [-0.15, -0.1) is 0 Å². The molecule has 0 aliphatic heterocycles. The van der Waals surface area contributed by atoms with Crippen LogP contribution < -0.4 is 5.73 Å². The first-order valence-electron chi connectivity index (χ1n) is 6.93. The lowest BCUT2D eigenvalue weighted by molar-refractivity contribution is -0.386. The van der Waals surface area contributed by atoms with Gasteiger partial charge in [0.05, 0.1) is 10.6 Å². The van der Waals surface area contributed by atoms with Crippen molar-refractivity contribution in [2.75, 3.05) is 5.73 Å². The number of nitrogen functional groups attached to an aromatic ring is 1. The van der Waals surface area contributed by atoms with Gasteiger partial charge in [-0.3, -0.25) is 10.1 Å². The van der Waals surface area contributed by atoms with E-state index >= 15 is 0 Å². The van der Waals surface area contributed by atoms with E-state index in [-0.39, 0.29) is 18.2 Å². The molecule has 12 heteroatoms. The Morgan fingerprint density at radius 3 is 1.70 bits per heavy atom. The highest BCUT2D eigenvalue weighted by Crippen LogP contribution is 2.57. The minimum Gasteiger partial charge on any atom is -0.506 e. The van der Waals surface area contributed by atoms with Gasteiger partial charge in [-0.2, -0.15) is 26.3 Å². The van der Waals surface area contributed by atoms with E-state index in [1.807, 2.05) is 0 Å². The molecule has 6 nitrogen and oxygen atoms in total. The number of alkyl halides is 6. The van der Waals surface area contributed by atoms with E-state index in [1.54, 1.807) is 0 Å². The zero-order valence-electron chi connectivity index (χ0n) is 13.0. The number of halogens is 6. The van der Waals surface area contributed by atoms with Gasteiger partial charge >= 0.3 is 18.0 Å². The van der Waals surface area contributed by atoms with Crippen LogP contribution in [0.2, 0.25) is 0 Å². The summed E-state index contributed by atoms with van der Waals surface area (Å²) < 4.78 is 83.1. The summed E-state index contributed by atoms with van der Waals surface area (Å²) in [6.07, 6.45) is -12.0. The lowest BCUT2D eigenvalue weighted by Crippen LogP contribution is -2.54. The quantitative estimate of drug-likeness (QED) is 0.239.